The monoisotopic (exact) mass is 239 g/mol. The molecular formula is C15H29NO. The van der Waals surface area contributed by atoms with Gasteiger partial charge < -0.3 is 10.4 Å². The summed E-state index contributed by atoms with van der Waals surface area (Å²) in [5, 5.41) is 11.8. The van der Waals surface area contributed by atoms with Gasteiger partial charge in [0.25, 0.3) is 0 Å². The highest BCUT2D eigenvalue weighted by atomic mass is 16.2. The molecule has 0 aliphatic heterocycles. The summed E-state index contributed by atoms with van der Waals surface area (Å²) in [5.74, 6) is 1.08. The molecule has 0 aliphatic carbocycles. The second kappa shape index (κ2) is 11.3. The molecule has 0 amide bonds. The molecule has 0 radical (unpaired) electrons. The van der Waals surface area contributed by atoms with Gasteiger partial charge in [0.05, 0.1) is 6.26 Å². The van der Waals surface area contributed by atoms with E-state index in [9.17, 15) is 0 Å². The smallest absolute Gasteiger partial charge is 0.0791 e. The second-order valence-corrected chi connectivity index (χ2v) is 4.27. The van der Waals surface area contributed by atoms with Gasteiger partial charge in [0.2, 0.25) is 0 Å². The van der Waals surface area contributed by atoms with Crippen molar-refractivity contribution in [1.29, 1.82) is 0 Å². The highest BCUT2D eigenvalue weighted by Gasteiger charge is 2.09. The van der Waals surface area contributed by atoms with E-state index in [1.807, 2.05) is 26.8 Å². The van der Waals surface area contributed by atoms with Gasteiger partial charge in [0, 0.05) is 12.2 Å². The summed E-state index contributed by atoms with van der Waals surface area (Å²) in [6.07, 6.45) is 4.53. The van der Waals surface area contributed by atoms with E-state index >= 15 is 0 Å². The summed E-state index contributed by atoms with van der Waals surface area (Å²) in [6.45, 7) is 17.4. The first-order valence-electron chi connectivity index (χ1n) is 6.38. The molecule has 0 heterocycles. The molecule has 0 aromatic heterocycles. The summed E-state index contributed by atoms with van der Waals surface area (Å²) in [7, 11) is 0. The van der Waals surface area contributed by atoms with E-state index in [0.29, 0.717) is 11.8 Å². The Balaban J connectivity index is 0. The SMILES string of the molecule is C=C(NC/C(C)=C/C=C\O)C(C)C(C)C.CC. The van der Waals surface area contributed by atoms with E-state index in [1.165, 1.54) is 0 Å². The average molecular weight is 239 g/mol. The van der Waals surface area contributed by atoms with Gasteiger partial charge in [-0.05, 0) is 24.8 Å². The van der Waals surface area contributed by atoms with E-state index in [1.54, 1.807) is 6.08 Å². The van der Waals surface area contributed by atoms with Gasteiger partial charge in [-0.3, -0.25) is 0 Å². The molecule has 0 saturated heterocycles. The van der Waals surface area contributed by atoms with Crippen LogP contribution < -0.4 is 5.32 Å². The van der Waals surface area contributed by atoms with Gasteiger partial charge in [0.15, 0.2) is 0 Å². The zero-order valence-corrected chi connectivity index (χ0v) is 12.2. The van der Waals surface area contributed by atoms with Crippen LogP contribution in [0.2, 0.25) is 0 Å². The number of aliphatic hydroxyl groups is 1. The van der Waals surface area contributed by atoms with Crippen LogP contribution in [-0.4, -0.2) is 11.7 Å². The van der Waals surface area contributed by atoms with Gasteiger partial charge in [-0.2, -0.15) is 0 Å². The Labute approximate surface area is 107 Å². The van der Waals surface area contributed by atoms with E-state index in [0.717, 1.165) is 24.1 Å². The Hall–Kier alpha value is -1.18. The van der Waals surface area contributed by atoms with Crippen molar-refractivity contribution in [3.63, 3.8) is 0 Å². The first-order chi connectivity index (χ1) is 7.99. The van der Waals surface area contributed by atoms with E-state index in [4.69, 9.17) is 5.11 Å². The molecule has 0 bridgehead atoms. The predicted octanol–water partition coefficient (Wildman–Crippen LogP) is 4.43. The zero-order chi connectivity index (χ0) is 13.8. The number of aliphatic hydroxyl groups excluding tert-OH is 1. The van der Waals surface area contributed by atoms with Gasteiger partial charge in [-0.1, -0.05) is 52.8 Å². The van der Waals surface area contributed by atoms with Crippen LogP contribution in [0, 0.1) is 11.8 Å². The maximum atomic E-state index is 8.49. The van der Waals surface area contributed by atoms with Crippen molar-refractivity contribution in [2.75, 3.05) is 6.54 Å². The number of rotatable bonds is 6. The molecule has 100 valence electrons. The number of allylic oxidation sites excluding steroid dienone is 3. The molecule has 2 nitrogen and oxygen atoms in total. The van der Waals surface area contributed by atoms with E-state index in [-0.39, 0.29) is 0 Å². The highest BCUT2D eigenvalue weighted by Crippen LogP contribution is 2.15. The lowest BCUT2D eigenvalue weighted by atomic mass is 9.95. The maximum absolute atomic E-state index is 8.49. The largest absolute Gasteiger partial charge is 0.516 e. The van der Waals surface area contributed by atoms with Crippen LogP contribution >= 0.6 is 0 Å². The van der Waals surface area contributed by atoms with Crippen molar-refractivity contribution in [3.05, 3.63) is 36.3 Å². The minimum absolute atomic E-state index is 0.478. The van der Waals surface area contributed by atoms with Crippen molar-refractivity contribution in [2.45, 2.75) is 41.5 Å². The zero-order valence-electron chi connectivity index (χ0n) is 12.2. The van der Waals surface area contributed by atoms with Crippen LogP contribution in [0.15, 0.2) is 36.3 Å². The second-order valence-electron chi connectivity index (χ2n) is 4.27. The molecule has 0 aliphatic rings. The summed E-state index contributed by atoms with van der Waals surface area (Å²) >= 11 is 0. The standard InChI is InChI=1S/C13H23NO.C2H6/c1-10(2)12(4)13(5)14-9-11(3)7-6-8-15;1-2/h6-8,10,12,14-15H,5,9H2,1-4H3;1-2H3/b8-6-,11-7+;. The topological polar surface area (TPSA) is 32.3 Å². The third-order valence-electron chi connectivity index (χ3n) is 2.61. The van der Waals surface area contributed by atoms with Crippen LogP contribution in [0.5, 0.6) is 0 Å². The van der Waals surface area contributed by atoms with Crippen LogP contribution in [0.1, 0.15) is 41.5 Å². The van der Waals surface area contributed by atoms with Gasteiger partial charge >= 0.3 is 0 Å². The van der Waals surface area contributed by atoms with Crippen molar-refractivity contribution < 1.29 is 5.11 Å². The normalized spacial score (nSPS) is 13.2. The predicted molar refractivity (Wildman–Crippen MR) is 78.0 cm³/mol. The molecule has 0 rings (SSSR count). The lowest BCUT2D eigenvalue weighted by Crippen LogP contribution is -2.22. The van der Waals surface area contributed by atoms with E-state index in [2.05, 4.69) is 32.7 Å². The first-order valence-corrected chi connectivity index (χ1v) is 6.38. The third-order valence-corrected chi connectivity index (χ3v) is 2.61. The maximum Gasteiger partial charge on any atom is 0.0791 e. The third kappa shape index (κ3) is 9.73. The Kier molecular flexibility index (Phi) is 12.1. The van der Waals surface area contributed by atoms with Crippen LogP contribution in [0.4, 0.5) is 0 Å². The molecule has 0 spiro atoms. The van der Waals surface area contributed by atoms with Gasteiger partial charge in [-0.15, -0.1) is 0 Å². The summed E-state index contributed by atoms with van der Waals surface area (Å²) in [5.41, 5.74) is 2.24. The molecule has 0 saturated carbocycles. The minimum Gasteiger partial charge on any atom is -0.516 e. The van der Waals surface area contributed by atoms with Crippen molar-refractivity contribution >= 4 is 0 Å². The molecule has 0 aromatic carbocycles. The number of nitrogens with one attached hydrogen (secondary N) is 1. The molecule has 1 atom stereocenters. The average Bonchev–Trinajstić information content (AvgIpc) is 2.34. The highest BCUT2D eigenvalue weighted by molar-refractivity contribution is 5.12. The number of hydrogen-bond donors (Lipinski definition) is 2. The van der Waals surface area contributed by atoms with Crippen LogP contribution in [-0.2, 0) is 0 Å². The first kappa shape index (κ1) is 18.2. The molecule has 0 fully saturated rings. The summed E-state index contributed by atoms with van der Waals surface area (Å²) in [6, 6.07) is 0. The Morgan fingerprint density at radius 3 is 2.24 bits per heavy atom. The lowest BCUT2D eigenvalue weighted by molar-refractivity contribution is 0.457. The van der Waals surface area contributed by atoms with Crippen LogP contribution in [0.25, 0.3) is 0 Å². The number of hydrogen-bond acceptors (Lipinski definition) is 2. The molecule has 0 aromatic rings. The molecule has 2 heteroatoms. The molecular weight excluding hydrogens is 210 g/mol. The molecule has 2 N–H and O–H groups in total. The van der Waals surface area contributed by atoms with Crippen molar-refractivity contribution in [2.24, 2.45) is 11.8 Å². The van der Waals surface area contributed by atoms with Crippen LogP contribution in [0.3, 0.4) is 0 Å². The Morgan fingerprint density at radius 1 is 1.29 bits per heavy atom. The van der Waals surface area contributed by atoms with Crippen molar-refractivity contribution in [1.82, 2.24) is 5.32 Å². The fourth-order valence-electron chi connectivity index (χ4n) is 1.08. The van der Waals surface area contributed by atoms with Gasteiger partial charge in [0.1, 0.15) is 0 Å². The molecule has 1 unspecified atom stereocenters. The fraction of sp³-hybridized carbons (Fsp3) is 0.600. The summed E-state index contributed by atoms with van der Waals surface area (Å²) < 4.78 is 0. The summed E-state index contributed by atoms with van der Waals surface area (Å²) in [4.78, 5) is 0. The van der Waals surface area contributed by atoms with Gasteiger partial charge in [-0.25, -0.2) is 0 Å². The van der Waals surface area contributed by atoms with E-state index < -0.39 is 0 Å². The minimum atomic E-state index is 0.478. The Morgan fingerprint density at radius 2 is 1.82 bits per heavy atom. The lowest BCUT2D eigenvalue weighted by Gasteiger charge is -2.20. The van der Waals surface area contributed by atoms with Crippen molar-refractivity contribution in [3.8, 4) is 0 Å². The molecule has 17 heavy (non-hydrogen) atoms. The fourth-order valence-corrected chi connectivity index (χ4v) is 1.08. The quantitative estimate of drug-likeness (QED) is 0.531. The Bertz CT molecular complexity index is 252.